The minimum absolute atomic E-state index is 0.157. The zero-order valence-corrected chi connectivity index (χ0v) is 9.05. The van der Waals surface area contributed by atoms with Gasteiger partial charge in [0.15, 0.2) is 11.6 Å². The molecule has 0 amide bonds. The first-order valence-corrected chi connectivity index (χ1v) is 5.07. The lowest BCUT2D eigenvalue weighted by Gasteiger charge is -2.06. The van der Waals surface area contributed by atoms with E-state index >= 15 is 0 Å². The molecule has 0 fully saturated rings. The second kappa shape index (κ2) is 3.80. The van der Waals surface area contributed by atoms with E-state index in [0.29, 0.717) is 5.56 Å². The summed E-state index contributed by atoms with van der Waals surface area (Å²) >= 11 is 11.3. The fourth-order valence-electron chi connectivity index (χ4n) is 1.54. The van der Waals surface area contributed by atoms with Gasteiger partial charge in [-0.15, -0.1) is 0 Å². The molecular formula is C11H6Cl2O2. The molecule has 0 unspecified atom stereocenters. The van der Waals surface area contributed by atoms with E-state index < -0.39 is 17.5 Å². The first-order chi connectivity index (χ1) is 7.13. The Morgan fingerprint density at radius 3 is 1.80 bits per heavy atom. The molecule has 0 aliphatic heterocycles. The maximum absolute atomic E-state index is 11.6. The zero-order chi connectivity index (χ0) is 11.0. The SMILES string of the molecule is O=C1C(Cl)=C(Cl)C(=O)C1c1ccccc1. The van der Waals surface area contributed by atoms with Crippen molar-refractivity contribution in [3.8, 4) is 0 Å². The second-order valence-corrected chi connectivity index (χ2v) is 3.96. The Morgan fingerprint density at radius 1 is 0.867 bits per heavy atom. The van der Waals surface area contributed by atoms with E-state index in [-0.39, 0.29) is 10.1 Å². The highest BCUT2D eigenvalue weighted by molar-refractivity contribution is 6.60. The van der Waals surface area contributed by atoms with Crippen LogP contribution in [-0.2, 0) is 9.59 Å². The number of hydrogen-bond acceptors (Lipinski definition) is 2. The Balaban J connectivity index is 2.44. The topological polar surface area (TPSA) is 34.1 Å². The largest absolute Gasteiger partial charge is 0.292 e. The summed E-state index contributed by atoms with van der Waals surface area (Å²) in [6.07, 6.45) is 0. The lowest BCUT2D eigenvalue weighted by Crippen LogP contribution is -2.14. The van der Waals surface area contributed by atoms with Crippen LogP contribution in [0.1, 0.15) is 11.5 Å². The average Bonchev–Trinajstić information content (AvgIpc) is 2.45. The van der Waals surface area contributed by atoms with Gasteiger partial charge < -0.3 is 0 Å². The molecular weight excluding hydrogens is 235 g/mol. The predicted molar refractivity (Wildman–Crippen MR) is 57.9 cm³/mol. The van der Waals surface area contributed by atoms with Crippen LogP contribution >= 0.6 is 23.2 Å². The summed E-state index contributed by atoms with van der Waals surface area (Å²) in [7, 11) is 0. The molecule has 0 heterocycles. The molecule has 1 aromatic carbocycles. The summed E-state index contributed by atoms with van der Waals surface area (Å²) in [6.45, 7) is 0. The molecule has 0 saturated carbocycles. The third-order valence-electron chi connectivity index (χ3n) is 2.28. The molecule has 0 N–H and O–H groups in total. The van der Waals surface area contributed by atoms with Gasteiger partial charge >= 0.3 is 0 Å². The van der Waals surface area contributed by atoms with Crippen LogP contribution in [0.4, 0.5) is 0 Å². The van der Waals surface area contributed by atoms with Gasteiger partial charge in [-0.25, -0.2) is 0 Å². The highest BCUT2D eigenvalue weighted by Crippen LogP contribution is 2.36. The van der Waals surface area contributed by atoms with Crippen LogP contribution in [0.25, 0.3) is 0 Å². The standard InChI is InChI=1S/C11H6Cl2O2/c12-8-9(13)11(15)7(10(8)14)6-4-2-1-3-5-6/h1-5,7H. The van der Waals surface area contributed by atoms with E-state index in [0.717, 1.165) is 0 Å². The molecule has 2 nitrogen and oxygen atoms in total. The number of Topliss-reactive ketones (excluding diaryl/α,β-unsaturated/α-hetero) is 2. The van der Waals surface area contributed by atoms with E-state index in [1.807, 2.05) is 6.07 Å². The van der Waals surface area contributed by atoms with Crippen molar-refractivity contribution in [2.45, 2.75) is 5.92 Å². The van der Waals surface area contributed by atoms with E-state index in [9.17, 15) is 9.59 Å². The van der Waals surface area contributed by atoms with Crippen LogP contribution in [0.2, 0.25) is 0 Å². The predicted octanol–water partition coefficient (Wildman–Crippen LogP) is 2.61. The molecule has 0 atom stereocenters. The van der Waals surface area contributed by atoms with Gasteiger partial charge in [-0.1, -0.05) is 53.5 Å². The summed E-state index contributed by atoms with van der Waals surface area (Å²) in [5.74, 6) is -1.69. The first-order valence-electron chi connectivity index (χ1n) is 4.31. The fourth-order valence-corrected chi connectivity index (χ4v) is 1.94. The molecule has 0 bridgehead atoms. The van der Waals surface area contributed by atoms with E-state index in [2.05, 4.69) is 0 Å². The van der Waals surface area contributed by atoms with Crippen molar-refractivity contribution in [3.63, 3.8) is 0 Å². The highest BCUT2D eigenvalue weighted by atomic mass is 35.5. The highest BCUT2D eigenvalue weighted by Gasteiger charge is 2.40. The molecule has 1 aliphatic carbocycles. The van der Waals surface area contributed by atoms with Gasteiger partial charge in [-0.05, 0) is 5.56 Å². The van der Waals surface area contributed by atoms with Crippen molar-refractivity contribution < 1.29 is 9.59 Å². The van der Waals surface area contributed by atoms with Crippen LogP contribution < -0.4 is 0 Å². The van der Waals surface area contributed by atoms with Crippen molar-refractivity contribution in [1.82, 2.24) is 0 Å². The summed E-state index contributed by atoms with van der Waals surface area (Å²) in [5.41, 5.74) is 0.626. The Hall–Kier alpha value is -1.12. The summed E-state index contributed by atoms with van der Waals surface area (Å²) in [4.78, 5) is 23.3. The number of benzene rings is 1. The molecule has 76 valence electrons. The van der Waals surface area contributed by atoms with Gasteiger partial charge in [0.05, 0.1) is 0 Å². The molecule has 0 aromatic heterocycles. The summed E-state index contributed by atoms with van der Waals surface area (Å²) in [5, 5.41) is -0.314. The number of carbonyl (C=O) groups excluding carboxylic acids is 2. The Bertz CT molecular complexity index is 439. The number of carbonyl (C=O) groups is 2. The lowest BCUT2D eigenvalue weighted by atomic mass is 9.95. The number of halogens is 2. The maximum atomic E-state index is 11.6. The maximum Gasteiger partial charge on any atom is 0.191 e. The minimum atomic E-state index is -0.855. The van der Waals surface area contributed by atoms with Gasteiger partial charge in [0, 0.05) is 0 Å². The third kappa shape index (κ3) is 1.60. The molecule has 4 heteroatoms. The van der Waals surface area contributed by atoms with E-state index in [4.69, 9.17) is 23.2 Å². The molecule has 15 heavy (non-hydrogen) atoms. The van der Waals surface area contributed by atoms with Crippen LogP contribution in [0.15, 0.2) is 40.4 Å². The minimum Gasteiger partial charge on any atom is -0.292 e. The molecule has 0 saturated heterocycles. The number of rotatable bonds is 1. The molecule has 0 radical (unpaired) electrons. The quantitative estimate of drug-likeness (QED) is 0.708. The summed E-state index contributed by atoms with van der Waals surface area (Å²) in [6, 6.07) is 8.75. The normalized spacial score (nSPS) is 17.7. The lowest BCUT2D eigenvalue weighted by molar-refractivity contribution is -0.122. The van der Waals surface area contributed by atoms with Crippen molar-refractivity contribution in [2.24, 2.45) is 0 Å². The second-order valence-electron chi connectivity index (χ2n) is 3.20. The summed E-state index contributed by atoms with van der Waals surface area (Å²) < 4.78 is 0. The van der Waals surface area contributed by atoms with Crippen molar-refractivity contribution in [2.75, 3.05) is 0 Å². The van der Waals surface area contributed by atoms with E-state index in [1.165, 1.54) is 0 Å². The molecule has 1 aromatic rings. The third-order valence-corrected chi connectivity index (χ3v) is 3.13. The Morgan fingerprint density at radius 2 is 1.33 bits per heavy atom. The number of allylic oxidation sites excluding steroid dienone is 2. The van der Waals surface area contributed by atoms with Gasteiger partial charge in [-0.3, -0.25) is 9.59 Å². The first kappa shape index (κ1) is 10.4. The molecule has 0 spiro atoms. The van der Waals surface area contributed by atoms with Gasteiger partial charge in [0.1, 0.15) is 16.0 Å². The number of hydrogen-bond donors (Lipinski definition) is 0. The zero-order valence-electron chi connectivity index (χ0n) is 7.54. The van der Waals surface area contributed by atoms with Crippen LogP contribution in [-0.4, -0.2) is 11.6 Å². The smallest absolute Gasteiger partial charge is 0.191 e. The van der Waals surface area contributed by atoms with Crippen molar-refractivity contribution >= 4 is 34.8 Å². The molecule has 2 rings (SSSR count). The average molecular weight is 241 g/mol. The Kier molecular flexibility index (Phi) is 2.63. The van der Waals surface area contributed by atoms with Crippen LogP contribution in [0.3, 0.4) is 0 Å². The molecule has 1 aliphatic rings. The van der Waals surface area contributed by atoms with Gasteiger partial charge in [-0.2, -0.15) is 0 Å². The van der Waals surface area contributed by atoms with Crippen LogP contribution in [0, 0.1) is 0 Å². The van der Waals surface area contributed by atoms with Crippen LogP contribution in [0.5, 0.6) is 0 Å². The fraction of sp³-hybridized carbons (Fsp3) is 0.0909. The monoisotopic (exact) mass is 240 g/mol. The van der Waals surface area contributed by atoms with Crippen molar-refractivity contribution in [3.05, 3.63) is 46.0 Å². The van der Waals surface area contributed by atoms with Gasteiger partial charge in [0.2, 0.25) is 0 Å². The van der Waals surface area contributed by atoms with Gasteiger partial charge in [0.25, 0.3) is 0 Å². The Labute approximate surface area is 96.5 Å². The van der Waals surface area contributed by atoms with Crippen molar-refractivity contribution in [1.29, 1.82) is 0 Å². The number of ketones is 2. The van der Waals surface area contributed by atoms with E-state index in [1.54, 1.807) is 24.3 Å².